The highest BCUT2D eigenvalue weighted by molar-refractivity contribution is 5.94. The van der Waals surface area contributed by atoms with Crippen LogP contribution in [0.1, 0.15) is 36.3 Å². The summed E-state index contributed by atoms with van der Waals surface area (Å²) in [5.74, 6) is 2.17. The molecule has 0 spiro atoms. The number of anilines is 1. The minimum Gasteiger partial charge on any atom is -0.358 e. The normalized spacial score (nSPS) is 17.8. The number of hydrogen-bond acceptors (Lipinski definition) is 2. The number of carbonyl (C=O) groups excluding carboxylic acids is 1. The van der Waals surface area contributed by atoms with Crippen molar-refractivity contribution >= 4 is 23.0 Å². The van der Waals surface area contributed by atoms with Crippen LogP contribution in [0.2, 0.25) is 0 Å². The number of nitrogens with zero attached hydrogens (tertiary/aromatic N) is 2. The van der Waals surface area contributed by atoms with Gasteiger partial charge >= 0.3 is 0 Å². The van der Waals surface area contributed by atoms with Crippen molar-refractivity contribution in [3.63, 3.8) is 0 Å². The number of aldehydes is 1. The fraction of sp³-hybridized carbons (Fsp3) is 0.471. The summed E-state index contributed by atoms with van der Waals surface area (Å²) in [5, 5.41) is 1.42. The summed E-state index contributed by atoms with van der Waals surface area (Å²) in [6.45, 7) is 2.40. The Hall–Kier alpha value is -1.77. The summed E-state index contributed by atoms with van der Waals surface area (Å²) in [4.78, 5) is 13.2. The van der Waals surface area contributed by atoms with Crippen LogP contribution in [-0.2, 0) is 18.3 Å². The summed E-state index contributed by atoms with van der Waals surface area (Å²) in [5.41, 5.74) is 4.22. The first-order valence-corrected chi connectivity index (χ1v) is 7.60. The molecule has 3 nitrogen and oxygen atoms in total. The van der Waals surface area contributed by atoms with E-state index >= 15 is 0 Å². The first-order valence-electron chi connectivity index (χ1n) is 7.60. The van der Waals surface area contributed by atoms with E-state index in [1.54, 1.807) is 5.56 Å². The van der Waals surface area contributed by atoms with Gasteiger partial charge in [0, 0.05) is 37.5 Å². The van der Waals surface area contributed by atoms with Gasteiger partial charge in [-0.15, -0.1) is 0 Å². The second-order valence-corrected chi connectivity index (χ2v) is 6.08. The molecule has 0 unspecified atom stereocenters. The fourth-order valence-corrected chi connectivity index (χ4v) is 4.19. The third kappa shape index (κ3) is 1.49. The van der Waals surface area contributed by atoms with Crippen molar-refractivity contribution in [1.29, 1.82) is 0 Å². The third-order valence-electron chi connectivity index (χ3n) is 5.04. The molecule has 3 aliphatic rings. The van der Waals surface area contributed by atoms with E-state index in [-0.39, 0.29) is 0 Å². The number of benzene rings is 1. The van der Waals surface area contributed by atoms with Gasteiger partial charge < -0.3 is 14.3 Å². The van der Waals surface area contributed by atoms with Crippen molar-refractivity contribution in [1.82, 2.24) is 4.57 Å². The Labute approximate surface area is 119 Å². The lowest BCUT2D eigenvalue weighted by Gasteiger charge is -2.41. The molecule has 2 bridgehead atoms. The molecule has 4 heterocycles. The molecule has 0 saturated carbocycles. The van der Waals surface area contributed by atoms with Crippen LogP contribution >= 0.6 is 0 Å². The van der Waals surface area contributed by atoms with E-state index in [1.165, 1.54) is 48.2 Å². The molecular weight excluding hydrogens is 248 g/mol. The van der Waals surface area contributed by atoms with Crippen LogP contribution in [-0.4, -0.2) is 23.9 Å². The second-order valence-electron chi connectivity index (χ2n) is 6.08. The Morgan fingerprint density at radius 3 is 2.85 bits per heavy atom. The maximum atomic E-state index is 10.7. The van der Waals surface area contributed by atoms with E-state index in [1.807, 2.05) is 0 Å². The van der Waals surface area contributed by atoms with Crippen LogP contribution in [0, 0.1) is 0 Å². The largest absolute Gasteiger partial charge is 0.358 e. The highest BCUT2D eigenvalue weighted by Gasteiger charge is 2.35. The molecule has 5 rings (SSSR count). The van der Waals surface area contributed by atoms with E-state index in [2.05, 4.69) is 34.7 Å². The molecule has 0 aliphatic carbocycles. The molecule has 1 aromatic heterocycles. The van der Waals surface area contributed by atoms with Gasteiger partial charge in [-0.2, -0.15) is 0 Å². The fourth-order valence-electron chi connectivity index (χ4n) is 4.19. The molecule has 0 N–H and O–H groups in total. The summed E-state index contributed by atoms with van der Waals surface area (Å²) < 4.78 is 2.37. The van der Waals surface area contributed by atoms with Gasteiger partial charge in [0.1, 0.15) is 12.1 Å². The molecule has 1 aromatic carbocycles. The molecular formula is C17H20N2O. The van der Waals surface area contributed by atoms with Crippen LogP contribution in [0.25, 0.3) is 10.9 Å². The standard InChI is InChI=1S/C17H20N2O/c1-18-16-13(5-3-11-20)4-2-6-14(16)15-12-7-9-19(10-8-12)17(15)18/h2,4,6,11-12H,3,5,7-10H2,1H3. The monoisotopic (exact) mass is 268 g/mol. The quantitative estimate of drug-likeness (QED) is 0.800. The average Bonchev–Trinajstić information content (AvgIpc) is 2.83. The van der Waals surface area contributed by atoms with E-state index in [4.69, 9.17) is 0 Å². The molecule has 2 aromatic rings. The topological polar surface area (TPSA) is 25.2 Å². The van der Waals surface area contributed by atoms with Gasteiger partial charge in [-0.3, -0.25) is 0 Å². The number of piperidine rings is 1. The van der Waals surface area contributed by atoms with Gasteiger partial charge in [0.05, 0.1) is 5.52 Å². The molecule has 104 valence electrons. The molecule has 1 saturated heterocycles. The third-order valence-corrected chi connectivity index (χ3v) is 5.04. The Morgan fingerprint density at radius 2 is 2.10 bits per heavy atom. The lowest BCUT2D eigenvalue weighted by molar-refractivity contribution is -0.107. The minimum absolute atomic E-state index is 0.613. The number of fused-ring (bicyclic) bond motifs is 3. The molecule has 0 atom stereocenters. The number of para-hydroxylation sites is 1. The van der Waals surface area contributed by atoms with Crippen LogP contribution in [0.4, 0.5) is 5.82 Å². The Balaban J connectivity index is 1.98. The van der Waals surface area contributed by atoms with Gasteiger partial charge in [-0.25, -0.2) is 0 Å². The summed E-state index contributed by atoms with van der Waals surface area (Å²) in [6, 6.07) is 6.59. The first-order chi connectivity index (χ1) is 9.81. The first kappa shape index (κ1) is 12.0. The smallest absolute Gasteiger partial charge is 0.120 e. The van der Waals surface area contributed by atoms with Crippen molar-refractivity contribution in [3.05, 3.63) is 29.3 Å². The molecule has 1 fully saturated rings. The van der Waals surface area contributed by atoms with Crippen molar-refractivity contribution in [2.24, 2.45) is 7.05 Å². The molecule has 0 amide bonds. The van der Waals surface area contributed by atoms with Crippen LogP contribution in [0.3, 0.4) is 0 Å². The van der Waals surface area contributed by atoms with E-state index in [0.29, 0.717) is 6.42 Å². The SMILES string of the molecule is Cn1c2c(c3cccc(CCC=O)c31)C1CCN2CC1. The molecule has 3 heteroatoms. The minimum atomic E-state index is 0.613. The van der Waals surface area contributed by atoms with Gasteiger partial charge in [-0.05, 0) is 30.7 Å². The zero-order valence-corrected chi connectivity index (χ0v) is 11.9. The second kappa shape index (κ2) is 4.37. The maximum absolute atomic E-state index is 10.7. The van der Waals surface area contributed by atoms with Crippen molar-refractivity contribution in [2.45, 2.75) is 31.6 Å². The van der Waals surface area contributed by atoms with Gasteiger partial charge in [-0.1, -0.05) is 18.2 Å². The number of carbonyl (C=O) groups is 1. The summed E-state index contributed by atoms with van der Waals surface area (Å²) in [7, 11) is 2.19. The summed E-state index contributed by atoms with van der Waals surface area (Å²) in [6.07, 6.45) is 5.08. The van der Waals surface area contributed by atoms with E-state index in [0.717, 1.165) is 18.6 Å². The van der Waals surface area contributed by atoms with E-state index in [9.17, 15) is 4.79 Å². The predicted molar refractivity (Wildman–Crippen MR) is 81.5 cm³/mol. The predicted octanol–water partition coefficient (Wildman–Crippen LogP) is 3.01. The summed E-state index contributed by atoms with van der Waals surface area (Å²) >= 11 is 0. The number of aromatic nitrogens is 1. The Bertz CT molecular complexity index is 678. The highest BCUT2D eigenvalue weighted by atomic mass is 16.1. The zero-order valence-electron chi connectivity index (χ0n) is 11.9. The Kier molecular flexibility index (Phi) is 2.62. The maximum Gasteiger partial charge on any atom is 0.120 e. The van der Waals surface area contributed by atoms with Gasteiger partial charge in [0.15, 0.2) is 0 Å². The van der Waals surface area contributed by atoms with Crippen LogP contribution in [0.15, 0.2) is 18.2 Å². The lowest BCUT2D eigenvalue weighted by Crippen LogP contribution is -2.39. The van der Waals surface area contributed by atoms with Gasteiger partial charge in [0.25, 0.3) is 0 Å². The lowest BCUT2D eigenvalue weighted by atomic mass is 9.84. The zero-order chi connectivity index (χ0) is 13.7. The number of hydrogen-bond donors (Lipinski definition) is 0. The van der Waals surface area contributed by atoms with Crippen molar-refractivity contribution in [3.8, 4) is 0 Å². The highest BCUT2D eigenvalue weighted by Crippen LogP contribution is 2.47. The van der Waals surface area contributed by atoms with Crippen molar-refractivity contribution in [2.75, 3.05) is 18.0 Å². The van der Waals surface area contributed by atoms with Crippen LogP contribution < -0.4 is 4.90 Å². The van der Waals surface area contributed by atoms with Crippen LogP contribution in [0.5, 0.6) is 0 Å². The number of aryl methyl sites for hydroxylation is 2. The van der Waals surface area contributed by atoms with E-state index < -0.39 is 0 Å². The molecule has 0 radical (unpaired) electrons. The average molecular weight is 268 g/mol. The number of rotatable bonds is 3. The van der Waals surface area contributed by atoms with Gasteiger partial charge in [0.2, 0.25) is 0 Å². The van der Waals surface area contributed by atoms with Crippen molar-refractivity contribution < 1.29 is 4.79 Å². The molecule has 20 heavy (non-hydrogen) atoms. The Morgan fingerprint density at radius 1 is 1.30 bits per heavy atom. The molecule has 3 aliphatic heterocycles.